The third-order valence-corrected chi connectivity index (χ3v) is 6.77. The van der Waals surface area contributed by atoms with Crippen LogP contribution in [0.4, 0.5) is 18.9 Å². The third kappa shape index (κ3) is 7.72. The lowest BCUT2D eigenvalue weighted by Gasteiger charge is -2.29. The van der Waals surface area contributed by atoms with Crippen LogP contribution in [-0.4, -0.2) is 58.5 Å². The van der Waals surface area contributed by atoms with Crippen molar-refractivity contribution in [1.29, 1.82) is 0 Å². The highest BCUT2D eigenvalue weighted by Crippen LogP contribution is 2.29. The van der Waals surface area contributed by atoms with Crippen LogP contribution in [0, 0.1) is 0 Å². The van der Waals surface area contributed by atoms with Crippen LogP contribution < -0.4 is 14.4 Å². The molecule has 1 N–H and O–H groups in total. The number of rotatable bonds is 10. The standard InChI is InChI=1S/C25H30F3N3O4S/c1-30(2)22-9-5-19(6-10-22)7-12-24(32)29-14-3-4-15-31-16-13-20-8-11-23(17-21(20)18-31)35-36(33,34)25(26,27)28/h5-12,17H,3-4,13-16,18H2,1-2H3,(H,29,32)/b12-7+. The van der Waals surface area contributed by atoms with Gasteiger partial charge in [0.05, 0.1) is 0 Å². The summed E-state index contributed by atoms with van der Waals surface area (Å²) >= 11 is 0. The molecular weight excluding hydrogens is 495 g/mol. The maximum absolute atomic E-state index is 12.6. The van der Waals surface area contributed by atoms with E-state index < -0.39 is 15.6 Å². The van der Waals surface area contributed by atoms with Crippen molar-refractivity contribution in [3.8, 4) is 5.75 Å². The summed E-state index contributed by atoms with van der Waals surface area (Å²) in [6, 6.07) is 12.1. The van der Waals surface area contributed by atoms with E-state index in [0.29, 0.717) is 19.5 Å². The van der Waals surface area contributed by atoms with E-state index in [1.807, 2.05) is 43.3 Å². The summed E-state index contributed by atoms with van der Waals surface area (Å²) in [7, 11) is -1.77. The number of nitrogens with one attached hydrogen (secondary N) is 1. The number of carbonyl (C=O) groups is 1. The molecule has 11 heteroatoms. The molecule has 0 unspecified atom stereocenters. The van der Waals surface area contributed by atoms with E-state index in [9.17, 15) is 26.4 Å². The molecule has 36 heavy (non-hydrogen) atoms. The van der Waals surface area contributed by atoms with Gasteiger partial charge in [0, 0.05) is 45.5 Å². The molecule has 1 amide bonds. The molecule has 0 bridgehead atoms. The highest BCUT2D eigenvalue weighted by Gasteiger charge is 2.48. The number of fused-ring (bicyclic) bond motifs is 1. The van der Waals surface area contributed by atoms with Gasteiger partial charge in [0.2, 0.25) is 5.91 Å². The third-order valence-electron chi connectivity index (χ3n) is 5.80. The molecule has 0 saturated carbocycles. The zero-order valence-corrected chi connectivity index (χ0v) is 21.0. The molecule has 0 fully saturated rings. The van der Waals surface area contributed by atoms with Crippen LogP contribution in [0.2, 0.25) is 0 Å². The fourth-order valence-corrected chi connectivity index (χ4v) is 4.25. The first-order valence-electron chi connectivity index (χ1n) is 11.5. The maximum Gasteiger partial charge on any atom is 0.534 e. The molecule has 2 aromatic carbocycles. The Balaban J connectivity index is 1.40. The van der Waals surface area contributed by atoms with Gasteiger partial charge in [-0.3, -0.25) is 9.69 Å². The van der Waals surface area contributed by atoms with Crippen LogP contribution in [0.25, 0.3) is 6.08 Å². The van der Waals surface area contributed by atoms with Gasteiger partial charge in [-0.15, -0.1) is 0 Å². The van der Waals surface area contributed by atoms with E-state index in [4.69, 9.17) is 0 Å². The Morgan fingerprint density at radius 3 is 2.50 bits per heavy atom. The predicted octanol–water partition coefficient (Wildman–Crippen LogP) is 3.95. The molecule has 1 aliphatic rings. The molecule has 1 aliphatic heterocycles. The van der Waals surface area contributed by atoms with Crippen molar-refractivity contribution in [2.45, 2.75) is 31.3 Å². The first kappa shape index (κ1) is 27.5. The van der Waals surface area contributed by atoms with Crippen molar-refractivity contribution in [2.24, 2.45) is 0 Å². The average Bonchev–Trinajstić information content (AvgIpc) is 2.81. The van der Waals surface area contributed by atoms with Crippen molar-refractivity contribution in [3.05, 3.63) is 65.2 Å². The molecule has 0 radical (unpaired) electrons. The fourth-order valence-electron chi connectivity index (χ4n) is 3.79. The van der Waals surface area contributed by atoms with Gasteiger partial charge >= 0.3 is 15.6 Å². The Hall–Kier alpha value is -3.05. The lowest BCUT2D eigenvalue weighted by molar-refractivity contribution is -0.116. The molecule has 196 valence electrons. The van der Waals surface area contributed by atoms with Crippen molar-refractivity contribution in [3.63, 3.8) is 0 Å². The van der Waals surface area contributed by atoms with Crippen molar-refractivity contribution >= 4 is 27.8 Å². The molecule has 3 rings (SSSR count). The van der Waals surface area contributed by atoms with Crippen molar-refractivity contribution in [2.75, 3.05) is 38.6 Å². The summed E-state index contributed by atoms with van der Waals surface area (Å²) in [5.74, 6) is -0.516. The second-order valence-corrected chi connectivity index (χ2v) is 10.3. The second-order valence-electron chi connectivity index (χ2n) is 8.76. The molecule has 0 atom stereocenters. The van der Waals surface area contributed by atoms with Gasteiger partial charge in [0.25, 0.3) is 0 Å². The number of carbonyl (C=O) groups excluding carboxylic acids is 1. The quantitative estimate of drug-likeness (QED) is 0.219. The zero-order chi connectivity index (χ0) is 26.3. The minimum atomic E-state index is -5.70. The second kappa shape index (κ2) is 11.8. The summed E-state index contributed by atoms with van der Waals surface area (Å²) < 4.78 is 64.5. The summed E-state index contributed by atoms with van der Waals surface area (Å²) in [6.45, 7) is 2.55. The number of nitrogens with zero attached hydrogens (tertiary/aromatic N) is 2. The van der Waals surface area contributed by atoms with Crippen molar-refractivity contribution in [1.82, 2.24) is 10.2 Å². The van der Waals surface area contributed by atoms with Crippen LogP contribution in [0.5, 0.6) is 5.75 Å². The molecule has 2 aromatic rings. The normalized spacial score (nSPS) is 14.5. The van der Waals surface area contributed by atoms with Gasteiger partial charge < -0.3 is 14.4 Å². The molecule has 0 spiro atoms. The fraction of sp³-hybridized carbons (Fsp3) is 0.400. The highest BCUT2D eigenvalue weighted by atomic mass is 32.2. The minimum absolute atomic E-state index is 0.167. The smallest absolute Gasteiger partial charge is 0.378 e. The number of hydrogen-bond donors (Lipinski definition) is 1. The maximum atomic E-state index is 12.6. The highest BCUT2D eigenvalue weighted by molar-refractivity contribution is 7.88. The van der Waals surface area contributed by atoms with E-state index in [1.54, 1.807) is 12.1 Å². The lowest BCUT2D eigenvalue weighted by atomic mass is 9.99. The molecule has 1 heterocycles. The lowest BCUT2D eigenvalue weighted by Crippen LogP contribution is -2.32. The summed E-state index contributed by atoms with van der Waals surface area (Å²) in [4.78, 5) is 16.2. The molecule has 0 saturated heterocycles. The van der Waals surface area contributed by atoms with Crippen LogP contribution >= 0.6 is 0 Å². The number of halogens is 3. The Labute approximate surface area is 209 Å². The molecule has 0 aliphatic carbocycles. The summed E-state index contributed by atoms with van der Waals surface area (Å²) in [5, 5.41) is 2.86. The number of unbranched alkanes of at least 4 members (excludes halogenated alkanes) is 1. The molecule has 0 aromatic heterocycles. The van der Waals surface area contributed by atoms with Crippen LogP contribution in [-0.2, 0) is 27.9 Å². The predicted molar refractivity (Wildman–Crippen MR) is 133 cm³/mol. The van der Waals surface area contributed by atoms with Gasteiger partial charge in [-0.05, 0) is 72.8 Å². The van der Waals surface area contributed by atoms with E-state index in [0.717, 1.165) is 48.3 Å². The monoisotopic (exact) mass is 525 g/mol. The topological polar surface area (TPSA) is 79.0 Å². The number of anilines is 1. The number of amides is 1. The summed E-state index contributed by atoms with van der Waals surface area (Å²) in [6.07, 6.45) is 5.57. The van der Waals surface area contributed by atoms with E-state index in [-0.39, 0.29) is 11.7 Å². The van der Waals surface area contributed by atoms with Gasteiger partial charge in [-0.2, -0.15) is 21.6 Å². The van der Waals surface area contributed by atoms with Gasteiger partial charge in [-0.1, -0.05) is 18.2 Å². The number of hydrogen-bond acceptors (Lipinski definition) is 6. The van der Waals surface area contributed by atoms with Gasteiger partial charge in [0.15, 0.2) is 0 Å². The van der Waals surface area contributed by atoms with Crippen molar-refractivity contribution < 1.29 is 30.6 Å². The Kier molecular flexibility index (Phi) is 9.02. The van der Waals surface area contributed by atoms with E-state index >= 15 is 0 Å². The van der Waals surface area contributed by atoms with Crippen LogP contribution in [0.15, 0.2) is 48.5 Å². The minimum Gasteiger partial charge on any atom is -0.378 e. The average molecular weight is 526 g/mol. The Morgan fingerprint density at radius 2 is 1.83 bits per heavy atom. The number of benzene rings is 2. The SMILES string of the molecule is CN(C)c1ccc(/C=C/C(=O)NCCCCN2CCc3ccc(OS(=O)(=O)C(F)(F)F)cc3C2)cc1. The van der Waals surface area contributed by atoms with Gasteiger partial charge in [0.1, 0.15) is 5.75 Å². The number of alkyl halides is 3. The first-order valence-corrected chi connectivity index (χ1v) is 12.9. The largest absolute Gasteiger partial charge is 0.534 e. The molecular formula is C25H30F3N3O4S. The zero-order valence-electron chi connectivity index (χ0n) is 20.2. The van der Waals surface area contributed by atoms with E-state index in [2.05, 4.69) is 14.4 Å². The van der Waals surface area contributed by atoms with E-state index in [1.165, 1.54) is 18.2 Å². The first-order chi connectivity index (χ1) is 16.9. The Bertz CT molecular complexity index is 1180. The Morgan fingerprint density at radius 1 is 1.11 bits per heavy atom. The molecule has 7 nitrogen and oxygen atoms in total. The van der Waals surface area contributed by atoms with Crippen LogP contribution in [0.1, 0.15) is 29.5 Å². The van der Waals surface area contributed by atoms with Crippen LogP contribution in [0.3, 0.4) is 0 Å². The summed E-state index contributed by atoms with van der Waals surface area (Å²) in [5.41, 5.74) is -1.76. The van der Waals surface area contributed by atoms with Gasteiger partial charge in [-0.25, -0.2) is 0 Å².